The number of nitrogens with one attached hydrogen (secondary N) is 1. The van der Waals surface area contributed by atoms with Gasteiger partial charge in [-0.1, -0.05) is 25.1 Å². The number of carbonyl (C=O) groups excluding carboxylic acids is 2. The summed E-state index contributed by atoms with van der Waals surface area (Å²) in [4.78, 5) is 33.5. The zero-order valence-corrected chi connectivity index (χ0v) is 21.6. The Morgan fingerprint density at radius 2 is 1.81 bits per heavy atom. The van der Waals surface area contributed by atoms with Gasteiger partial charge in [-0.25, -0.2) is 0 Å². The number of aliphatic imine (C=N–C) groups is 1. The van der Waals surface area contributed by atoms with Crippen LogP contribution in [0.5, 0.6) is 11.5 Å². The summed E-state index contributed by atoms with van der Waals surface area (Å²) in [5, 5.41) is 2.63. The number of hydrogen-bond donors (Lipinski definition) is 1. The summed E-state index contributed by atoms with van der Waals surface area (Å²) in [6.45, 7) is 4.06. The van der Waals surface area contributed by atoms with Gasteiger partial charge in [0.15, 0.2) is 11.5 Å². The molecule has 8 heteroatoms. The quantitative estimate of drug-likeness (QED) is 0.630. The zero-order chi connectivity index (χ0) is 25.8. The highest BCUT2D eigenvalue weighted by molar-refractivity contribution is 6.14. The predicted octanol–water partition coefficient (Wildman–Crippen LogP) is 2.68. The third-order valence-electron chi connectivity index (χ3n) is 6.82. The lowest BCUT2D eigenvalue weighted by molar-refractivity contribution is -0.120. The van der Waals surface area contributed by atoms with E-state index in [9.17, 15) is 9.59 Å². The zero-order valence-electron chi connectivity index (χ0n) is 21.6. The first-order valence-corrected chi connectivity index (χ1v) is 12.2. The maximum absolute atomic E-state index is 12.6. The molecule has 2 atom stereocenters. The van der Waals surface area contributed by atoms with Crippen LogP contribution in [0.15, 0.2) is 53.5 Å². The van der Waals surface area contributed by atoms with E-state index < -0.39 is 0 Å². The van der Waals surface area contributed by atoms with Crippen molar-refractivity contribution in [2.24, 2.45) is 10.9 Å². The van der Waals surface area contributed by atoms with E-state index in [0.717, 1.165) is 41.1 Å². The molecular formula is C28H34N4O4. The molecule has 2 amide bonds. The lowest BCUT2D eigenvalue weighted by Gasteiger charge is -2.32. The fourth-order valence-corrected chi connectivity index (χ4v) is 4.72. The normalized spacial score (nSPS) is 20.5. The Morgan fingerprint density at radius 1 is 1.11 bits per heavy atom. The third kappa shape index (κ3) is 5.28. The molecule has 2 heterocycles. The van der Waals surface area contributed by atoms with Crippen LogP contribution in [0.4, 0.5) is 5.69 Å². The molecule has 1 saturated heterocycles. The average molecular weight is 491 g/mol. The van der Waals surface area contributed by atoms with E-state index in [4.69, 9.17) is 14.5 Å². The monoisotopic (exact) mass is 490 g/mol. The van der Waals surface area contributed by atoms with Gasteiger partial charge >= 0.3 is 0 Å². The molecule has 190 valence electrons. The number of nitrogens with zero attached hydrogens (tertiary/aromatic N) is 3. The minimum absolute atomic E-state index is 0.0960. The SMILES string of the molecule is CNC(=O)/C=C/C1N=C(c2ccc(N3CCN(C)CC3=O)cc2)c2cc(OC)c(OC)cc2C[C@H]1C. The average Bonchev–Trinajstić information content (AvgIpc) is 3.01. The molecule has 0 saturated carbocycles. The van der Waals surface area contributed by atoms with Gasteiger partial charge in [0.25, 0.3) is 0 Å². The molecule has 8 nitrogen and oxygen atoms in total. The highest BCUT2D eigenvalue weighted by Gasteiger charge is 2.27. The summed E-state index contributed by atoms with van der Waals surface area (Å²) in [5.74, 6) is 1.40. The number of piperazine rings is 1. The minimum Gasteiger partial charge on any atom is -0.493 e. The van der Waals surface area contributed by atoms with Gasteiger partial charge in [-0.05, 0) is 49.2 Å². The molecule has 2 aromatic carbocycles. The number of likely N-dealkylation sites (N-methyl/N-ethyl adjacent to an activating group) is 2. The van der Waals surface area contributed by atoms with Crippen LogP contribution < -0.4 is 19.7 Å². The van der Waals surface area contributed by atoms with Gasteiger partial charge < -0.3 is 19.7 Å². The highest BCUT2D eigenvalue weighted by Crippen LogP contribution is 2.36. The van der Waals surface area contributed by atoms with E-state index in [0.29, 0.717) is 24.6 Å². The predicted molar refractivity (Wildman–Crippen MR) is 141 cm³/mol. The number of benzene rings is 2. The van der Waals surface area contributed by atoms with E-state index in [-0.39, 0.29) is 23.8 Å². The Morgan fingerprint density at radius 3 is 2.44 bits per heavy atom. The summed E-state index contributed by atoms with van der Waals surface area (Å²) in [5.41, 5.74) is 4.70. The van der Waals surface area contributed by atoms with Crippen LogP contribution in [0.25, 0.3) is 0 Å². The fourth-order valence-electron chi connectivity index (χ4n) is 4.72. The first-order chi connectivity index (χ1) is 17.3. The first-order valence-electron chi connectivity index (χ1n) is 12.2. The van der Waals surface area contributed by atoms with Crippen LogP contribution in [-0.2, 0) is 16.0 Å². The second-order valence-corrected chi connectivity index (χ2v) is 9.32. The number of fused-ring (bicyclic) bond motifs is 1. The number of carbonyl (C=O) groups is 2. The molecule has 0 bridgehead atoms. The fraction of sp³-hybridized carbons (Fsp3) is 0.393. The molecule has 0 radical (unpaired) electrons. The summed E-state index contributed by atoms with van der Waals surface area (Å²) in [6, 6.07) is 11.8. The summed E-state index contributed by atoms with van der Waals surface area (Å²) >= 11 is 0. The first kappa shape index (κ1) is 25.4. The topological polar surface area (TPSA) is 83.5 Å². The maximum atomic E-state index is 12.6. The lowest BCUT2D eigenvalue weighted by atomic mass is 9.91. The molecule has 1 N–H and O–H groups in total. The van der Waals surface area contributed by atoms with Crippen molar-refractivity contribution in [3.8, 4) is 11.5 Å². The Hall–Kier alpha value is -3.65. The van der Waals surface area contributed by atoms with Crippen LogP contribution in [0, 0.1) is 5.92 Å². The third-order valence-corrected chi connectivity index (χ3v) is 6.82. The second kappa shape index (κ2) is 11.0. The summed E-state index contributed by atoms with van der Waals surface area (Å²) in [6.07, 6.45) is 4.17. The van der Waals surface area contributed by atoms with Crippen molar-refractivity contribution in [3.05, 3.63) is 65.2 Å². The molecule has 2 aliphatic heterocycles. The molecule has 36 heavy (non-hydrogen) atoms. The van der Waals surface area contributed by atoms with Crippen molar-refractivity contribution in [1.82, 2.24) is 10.2 Å². The van der Waals surface area contributed by atoms with E-state index in [1.807, 2.05) is 59.3 Å². The maximum Gasteiger partial charge on any atom is 0.243 e. The smallest absolute Gasteiger partial charge is 0.243 e. The van der Waals surface area contributed by atoms with E-state index in [1.165, 1.54) is 0 Å². The largest absolute Gasteiger partial charge is 0.493 e. The van der Waals surface area contributed by atoms with Crippen molar-refractivity contribution in [2.75, 3.05) is 52.8 Å². The van der Waals surface area contributed by atoms with Crippen molar-refractivity contribution < 1.29 is 19.1 Å². The summed E-state index contributed by atoms with van der Waals surface area (Å²) in [7, 11) is 6.82. The summed E-state index contributed by atoms with van der Waals surface area (Å²) < 4.78 is 11.2. The highest BCUT2D eigenvalue weighted by atomic mass is 16.5. The van der Waals surface area contributed by atoms with Gasteiger partial charge in [0.2, 0.25) is 11.8 Å². The molecule has 4 rings (SSSR count). The number of rotatable bonds is 6. The van der Waals surface area contributed by atoms with Gasteiger partial charge in [-0.3, -0.25) is 19.5 Å². The van der Waals surface area contributed by atoms with Crippen LogP contribution in [0.2, 0.25) is 0 Å². The van der Waals surface area contributed by atoms with Crippen molar-refractivity contribution in [1.29, 1.82) is 0 Å². The number of amides is 2. The van der Waals surface area contributed by atoms with E-state index in [1.54, 1.807) is 27.3 Å². The van der Waals surface area contributed by atoms with Gasteiger partial charge in [-0.2, -0.15) is 0 Å². The number of anilines is 1. The standard InChI is InChI=1S/C28H34N4O4/c1-18-14-20-15-24(35-4)25(36-5)16-22(20)28(30-23(18)10-11-26(33)29-2)19-6-8-21(9-7-19)32-13-12-31(3)17-27(32)34/h6-11,15-16,18,23H,12-14,17H2,1-5H3,(H,29,33)/b11-10+/t18-,23?/m1/s1. The molecule has 0 aliphatic carbocycles. The molecule has 0 spiro atoms. The van der Waals surface area contributed by atoms with Crippen molar-refractivity contribution in [3.63, 3.8) is 0 Å². The molecule has 0 aromatic heterocycles. The van der Waals surface area contributed by atoms with E-state index >= 15 is 0 Å². The Balaban J connectivity index is 1.78. The van der Waals surface area contributed by atoms with Crippen molar-refractivity contribution in [2.45, 2.75) is 19.4 Å². The Bertz CT molecular complexity index is 1190. The Kier molecular flexibility index (Phi) is 7.74. The van der Waals surface area contributed by atoms with Gasteiger partial charge in [0, 0.05) is 43.0 Å². The lowest BCUT2D eigenvalue weighted by Crippen LogP contribution is -2.48. The van der Waals surface area contributed by atoms with Crippen LogP contribution in [0.1, 0.15) is 23.6 Å². The van der Waals surface area contributed by atoms with Gasteiger partial charge in [-0.15, -0.1) is 0 Å². The van der Waals surface area contributed by atoms with Crippen LogP contribution in [-0.4, -0.2) is 76.4 Å². The van der Waals surface area contributed by atoms with Crippen LogP contribution >= 0.6 is 0 Å². The van der Waals surface area contributed by atoms with Gasteiger partial charge in [0.1, 0.15) is 0 Å². The van der Waals surface area contributed by atoms with Crippen molar-refractivity contribution >= 4 is 23.2 Å². The van der Waals surface area contributed by atoms with E-state index in [2.05, 4.69) is 12.2 Å². The number of hydrogen-bond acceptors (Lipinski definition) is 6. The molecule has 1 unspecified atom stereocenters. The second-order valence-electron chi connectivity index (χ2n) is 9.32. The Labute approximate surface area is 212 Å². The molecular weight excluding hydrogens is 456 g/mol. The molecule has 2 aliphatic rings. The van der Waals surface area contributed by atoms with Crippen LogP contribution in [0.3, 0.4) is 0 Å². The van der Waals surface area contributed by atoms with Gasteiger partial charge in [0.05, 0.1) is 32.5 Å². The minimum atomic E-state index is -0.194. The molecule has 2 aromatic rings. The number of ether oxygens (including phenoxy) is 2. The molecule has 1 fully saturated rings. The number of methoxy groups -OCH3 is 2.